The number of hydrogen-bond acceptors (Lipinski definition) is 3. The second-order valence-electron chi connectivity index (χ2n) is 5.30. The van der Waals surface area contributed by atoms with Gasteiger partial charge >= 0.3 is 0 Å². The summed E-state index contributed by atoms with van der Waals surface area (Å²) in [6.45, 7) is 1.22. The van der Waals surface area contributed by atoms with Crippen molar-refractivity contribution in [1.29, 1.82) is 0 Å². The van der Waals surface area contributed by atoms with Gasteiger partial charge in [0.15, 0.2) is 0 Å². The van der Waals surface area contributed by atoms with Crippen molar-refractivity contribution in [3.63, 3.8) is 0 Å². The summed E-state index contributed by atoms with van der Waals surface area (Å²) in [6.07, 6.45) is 1.70. The van der Waals surface area contributed by atoms with Crippen molar-refractivity contribution in [3.05, 3.63) is 28.8 Å². The number of fused-ring (bicyclic) bond motifs is 1. The van der Waals surface area contributed by atoms with Gasteiger partial charge < -0.3 is 16.0 Å². The number of carbonyl (C=O) groups excluding carboxylic acids is 2. The van der Waals surface area contributed by atoms with Crippen LogP contribution in [-0.2, 0) is 4.79 Å². The molecule has 5 nitrogen and oxygen atoms in total. The molecule has 0 aromatic heterocycles. The predicted octanol–water partition coefficient (Wildman–Crippen LogP) is 1.27. The van der Waals surface area contributed by atoms with Crippen molar-refractivity contribution in [1.82, 2.24) is 10.2 Å². The summed E-state index contributed by atoms with van der Waals surface area (Å²) in [7, 11) is 0. The van der Waals surface area contributed by atoms with Crippen LogP contribution in [0.4, 0.5) is 5.69 Å². The summed E-state index contributed by atoms with van der Waals surface area (Å²) in [6, 6.07) is 4.86. The zero-order valence-electron chi connectivity index (χ0n) is 10.9. The number of anilines is 1. The minimum Gasteiger partial charge on any atom is -0.398 e. The molecule has 3 N–H and O–H groups in total. The lowest BCUT2D eigenvalue weighted by atomic mass is 9.91. The van der Waals surface area contributed by atoms with E-state index in [9.17, 15) is 9.59 Å². The predicted molar refractivity (Wildman–Crippen MR) is 76.4 cm³/mol. The smallest absolute Gasteiger partial charge is 0.254 e. The van der Waals surface area contributed by atoms with E-state index in [0.717, 1.165) is 12.8 Å². The summed E-state index contributed by atoms with van der Waals surface area (Å²) in [5.74, 6) is -0.0972. The fraction of sp³-hybridized carbons (Fsp3) is 0.429. The number of nitrogen functional groups attached to an aromatic ring is 1. The normalized spacial score (nSPS) is 25.2. The van der Waals surface area contributed by atoms with Crippen LogP contribution in [0.2, 0.25) is 5.02 Å². The number of hydrogen-bond donors (Lipinski definition) is 2. The standard InChI is InChI=1S/C14H16ClN3O2/c15-10-4-3-8(6-11(10)16)14(20)18-5-1-2-9-12(18)7-17-13(9)19/h3-4,6,9,12H,1-2,5,7,16H2,(H,17,19). The zero-order chi connectivity index (χ0) is 14.3. The van der Waals surface area contributed by atoms with Gasteiger partial charge in [-0.2, -0.15) is 0 Å². The molecule has 0 saturated carbocycles. The highest BCUT2D eigenvalue weighted by Crippen LogP contribution is 2.29. The maximum absolute atomic E-state index is 12.6. The highest BCUT2D eigenvalue weighted by Gasteiger charge is 2.42. The average molecular weight is 294 g/mol. The topological polar surface area (TPSA) is 75.4 Å². The molecule has 0 radical (unpaired) electrons. The Morgan fingerprint density at radius 3 is 3.00 bits per heavy atom. The molecule has 2 fully saturated rings. The highest BCUT2D eigenvalue weighted by atomic mass is 35.5. The number of nitrogens with one attached hydrogen (secondary N) is 1. The van der Waals surface area contributed by atoms with Gasteiger partial charge in [-0.3, -0.25) is 9.59 Å². The van der Waals surface area contributed by atoms with Gasteiger partial charge in [0.05, 0.1) is 22.7 Å². The molecule has 1 aromatic carbocycles. The number of rotatable bonds is 1. The average Bonchev–Trinajstić information content (AvgIpc) is 2.83. The van der Waals surface area contributed by atoms with Gasteiger partial charge in [0, 0.05) is 18.7 Å². The first kappa shape index (κ1) is 13.2. The Balaban J connectivity index is 1.86. The van der Waals surface area contributed by atoms with Crippen molar-refractivity contribution in [2.45, 2.75) is 18.9 Å². The third-order valence-electron chi connectivity index (χ3n) is 4.10. The van der Waals surface area contributed by atoms with Gasteiger partial charge in [-0.15, -0.1) is 0 Å². The minimum atomic E-state index is -0.0837. The van der Waals surface area contributed by atoms with Crippen LogP contribution in [0.25, 0.3) is 0 Å². The largest absolute Gasteiger partial charge is 0.398 e. The number of nitrogens with two attached hydrogens (primary N) is 1. The van der Waals surface area contributed by atoms with E-state index < -0.39 is 0 Å². The molecule has 106 valence electrons. The van der Waals surface area contributed by atoms with Gasteiger partial charge in [-0.05, 0) is 31.0 Å². The van der Waals surface area contributed by atoms with Gasteiger partial charge in [0.2, 0.25) is 5.91 Å². The lowest BCUT2D eigenvalue weighted by Gasteiger charge is -2.36. The van der Waals surface area contributed by atoms with Gasteiger partial charge in [0.25, 0.3) is 5.91 Å². The van der Waals surface area contributed by atoms with E-state index in [0.29, 0.717) is 29.4 Å². The molecule has 3 rings (SSSR count). The van der Waals surface area contributed by atoms with Crippen LogP contribution in [-0.4, -0.2) is 35.8 Å². The number of carbonyl (C=O) groups is 2. The van der Waals surface area contributed by atoms with E-state index in [-0.39, 0.29) is 23.8 Å². The van der Waals surface area contributed by atoms with Crippen molar-refractivity contribution in [3.8, 4) is 0 Å². The fourth-order valence-corrected chi connectivity index (χ4v) is 3.16. The van der Waals surface area contributed by atoms with Gasteiger partial charge in [-0.25, -0.2) is 0 Å². The van der Waals surface area contributed by atoms with Crippen LogP contribution in [0.15, 0.2) is 18.2 Å². The van der Waals surface area contributed by atoms with Crippen molar-refractivity contribution >= 4 is 29.1 Å². The molecule has 2 aliphatic heterocycles. The summed E-state index contributed by atoms with van der Waals surface area (Å²) in [5.41, 5.74) is 6.66. The van der Waals surface area contributed by atoms with Gasteiger partial charge in [0.1, 0.15) is 0 Å². The molecule has 6 heteroatoms. The van der Waals surface area contributed by atoms with E-state index in [2.05, 4.69) is 5.32 Å². The zero-order valence-corrected chi connectivity index (χ0v) is 11.7. The minimum absolute atomic E-state index is 0.0411. The number of halogens is 1. The number of likely N-dealkylation sites (tertiary alicyclic amines) is 1. The second kappa shape index (κ2) is 4.98. The maximum Gasteiger partial charge on any atom is 0.254 e. The molecule has 2 saturated heterocycles. The van der Waals surface area contributed by atoms with E-state index in [4.69, 9.17) is 17.3 Å². The molecule has 20 heavy (non-hydrogen) atoms. The summed E-state index contributed by atoms with van der Waals surface area (Å²) in [5, 5.41) is 3.28. The van der Waals surface area contributed by atoms with Crippen LogP contribution >= 0.6 is 11.6 Å². The number of nitrogens with zero attached hydrogens (tertiary/aromatic N) is 1. The fourth-order valence-electron chi connectivity index (χ4n) is 3.05. The molecule has 2 unspecified atom stereocenters. The summed E-state index contributed by atoms with van der Waals surface area (Å²) < 4.78 is 0. The molecule has 2 heterocycles. The second-order valence-corrected chi connectivity index (χ2v) is 5.70. The third-order valence-corrected chi connectivity index (χ3v) is 4.45. The Bertz CT molecular complexity index is 576. The Hall–Kier alpha value is -1.75. The highest BCUT2D eigenvalue weighted by molar-refractivity contribution is 6.33. The Morgan fingerprint density at radius 2 is 2.25 bits per heavy atom. The monoisotopic (exact) mass is 293 g/mol. The Kier molecular flexibility index (Phi) is 3.30. The van der Waals surface area contributed by atoms with E-state index in [1.165, 1.54) is 0 Å². The lowest BCUT2D eigenvalue weighted by molar-refractivity contribution is -0.123. The molecule has 0 aliphatic carbocycles. The quantitative estimate of drug-likeness (QED) is 0.766. The molecule has 2 aliphatic rings. The van der Waals surface area contributed by atoms with Crippen LogP contribution in [0.5, 0.6) is 0 Å². The molecule has 2 amide bonds. The maximum atomic E-state index is 12.6. The third kappa shape index (κ3) is 2.12. The molecular formula is C14H16ClN3O2. The summed E-state index contributed by atoms with van der Waals surface area (Å²) >= 11 is 5.87. The first-order valence-corrected chi connectivity index (χ1v) is 7.09. The first-order valence-electron chi connectivity index (χ1n) is 6.71. The molecule has 0 bridgehead atoms. The van der Waals surface area contributed by atoms with Crippen LogP contribution in [0.1, 0.15) is 23.2 Å². The SMILES string of the molecule is Nc1cc(C(=O)N2CCCC3C(=O)NCC32)ccc1Cl. The van der Waals surface area contributed by atoms with E-state index >= 15 is 0 Å². The Morgan fingerprint density at radius 1 is 1.45 bits per heavy atom. The van der Waals surface area contributed by atoms with E-state index in [1.807, 2.05) is 0 Å². The van der Waals surface area contributed by atoms with Crippen molar-refractivity contribution in [2.75, 3.05) is 18.8 Å². The number of piperidine rings is 1. The number of benzene rings is 1. The van der Waals surface area contributed by atoms with Crippen molar-refractivity contribution < 1.29 is 9.59 Å². The van der Waals surface area contributed by atoms with Crippen LogP contribution in [0.3, 0.4) is 0 Å². The van der Waals surface area contributed by atoms with Crippen LogP contribution < -0.4 is 11.1 Å². The first-order chi connectivity index (χ1) is 9.58. The van der Waals surface area contributed by atoms with Gasteiger partial charge in [-0.1, -0.05) is 11.6 Å². The molecule has 0 spiro atoms. The van der Waals surface area contributed by atoms with Crippen molar-refractivity contribution in [2.24, 2.45) is 5.92 Å². The Labute approximate surface area is 122 Å². The number of amides is 2. The van der Waals surface area contributed by atoms with E-state index in [1.54, 1.807) is 23.1 Å². The molecular weight excluding hydrogens is 278 g/mol. The molecule has 1 aromatic rings. The summed E-state index contributed by atoms with van der Waals surface area (Å²) in [4.78, 5) is 26.1. The van der Waals surface area contributed by atoms with Crippen LogP contribution in [0, 0.1) is 5.92 Å². The lowest BCUT2D eigenvalue weighted by Crippen LogP contribution is -2.48. The molecule has 2 atom stereocenters.